The molecule has 0 saturated heterocycles. The van der Waals surface area contributed by atoms with Gasteiger partial charge in [0.1, 0.15) is 5.75 Å². The zero-order valence-electron chi connectivity index (χ0n) is 15.3. The van der Waals surface area contributed by atoms with Crippen LogP contribution in [-0.2, 0) is 28.9 Å². The molecular formula is C20H33NO3. The Hall–Kier alpha value is -1.55. The average molecular weight is 335 g/mol. The Bertz CT molecular complexity index is 467. The molecule has 0 saturated carbocycles. The Labute approximate surface area is 146 Å². The molecule has 0 heterocycles. The normalized spacial score (nSPS) is 10.8. The van der Waals surface area contributed by atoms with Crippen LogP contribution in [0.15, 0.2) is 12.1 Å². The molecule has 0 radical (unpaired) electrons. The average Bonchev–Trinajstić information content (AvgIpc) is 2.58. The highest BCUT2D eigenvalue weighted by Gasteiger charge is 2.12. The molecule has 136 valence electrons. The van der Waals surface area contributed by atoms with E-state index in [2.05, 4.69) is 18.7 Å². The number of hydrogen-bond acceptors (Lipinski definition) is 4. The predicted molar refractivity (Wildman–Crippen MR) is 97.8 cm³/mol. The highest BCUT2D eigenvalue weighted by Crippen LogP contribution is 2.28. The van der Waals surface area contributed by atoms with Gasteiger partial charge in [-0.15, -0.1) is 0 Å². The zero-order valence-corrected chi connectivity index (χ0v) is 15.3. The van der Waals surface area contributed by atoms with Gasteiger partial charge in [-0.3, -0.25) is 4.79 Å². The molecule has 0 aliphatic heterocycles. The van der Waals surface area contributed by atoms with Crippen molar-refractivity contribution in [1.82, 2.24) is 0 Å². The van der Waals surface area contributed by atoms with Gasteiger partial charge in [0.2, 0.25) is 0 Å². The Morgan fingerprint density at radius 1 is 0.958 bits per heavy atom. The number of phenols is 1. The van der Waals surface area contributed by atoms with Crippen molar-refractivity contribution < 1.29 is 14.7 Å². The first-order valence-electron chi connectivity index (χ1n) is 9.35. The standard InChI is InChI=1S/C20H33NO3/c1-3-5-7-9-11-17-13-16(15-19(22)24-21)14-18(20(17)23)12-10-8-6-4-2/h13-14,23H,3-12,15,21H2,1-2H3. The summed E-state index contributed by atoms with van der Waals surface area (Å²) in [5.74, 6) is 4.91. The van der Waals surface area contributed by atoms with Gasteiger partial charge < -0.3 is 9.94 Å². The Morgan fingerprint density at radius 3 is 1.88 bits per heavy atom. The van der Waals surface area contributed by atoms with Gasteiger partial charge in [-0.05, 0) is 42.4 Å². The second-order valence-corrected chi connectivity index (χ2v) is 6.55. The number of phenolic OH excluding ortho intramolecular Hbond substituents is 1. The Morgan fingerprint density at radius 2 is 1.46 bits per heavy atom. The lowest BCUT2D eigenvalue weighted by molar-refractivity contribution is -0.143. The number of aryl methyl sites for hydroxylation is 2. The molecule has 1 rings (SSSR count). The molecule has 0 spiro atoms. The fourth-order valence-electron chi connectivity index (χ4n) is 3.01. The minimum absolute atomic E-state index is 0.153. The van der Waals surface area contributed by atoms with Crippen molar-refractivity contribution in [2.45, 2.75) is 84.5 Å². The number of carbonyl (C=O) groups is 1. The lowest BCUT2D eigenvalue weighted by Crippen LogP contribution is -2.13. The van der Waals surface area contributed by atoms with E-state index in [0.29, 0.717) is 5.75 Å². The lowest BCUT2D eigenvalue weighted by Gasteiger charge is -2.13. The van der Waals surface area contributed by atoms with E-state index in [1.807, 2.05) is 12.1 Å². The molecule has 0 aliphatic rings. The van der Waals surface area contributed by atoms with Gasteiger partial charge in [-0.1, -0.05) is 64.5 Å². The summed E-state index contributed by atoms with van der Waals surface area (Å²) in [6, 6.07) is 3.85. The predicted octanol–water partition coefficient (Wildman–Crippen LogP) is 4.60. The summed E-state index contributed by atoms with van der Waals surface area (Å²) in [6.07, 6.45) is 11.1. The Kier molecular flexibility index (Phi) is 10.2. The van der Waals surface area contributed by atoms with Gasteiger partial charge in [0.25, 0.3) is 0 Å². The first-order valence-corrected chi connectivity index (χ1v) is 9.35. The molecule has 4 heteroatoms. The number of unbranched alkanes of at least 4 members (excludes halogenated alkanes) is 6. The van der Waals surface area contributed by atoms with Gasteiger partial charge in [-0.25, -0.2) is 0 Å². The number of benzene rings is 1. The van der Waals surface area contributed by atoms with Gasteiger partial charge in [0.15, 0.2) is 0 Å². The number of aromatic hydroxyl groups is 1. The first-order chi connectivity index (χ1) is 11.6. The molecule has 4 nitrogen and oxygen atoms in total. The highest BCUT2D eigenvalue weighted by atomic mass is 16.7. The van der Waals surface area contributed by atoms with Crippen molar-refractivity contribution in [3.63, 3.8) is 0 Å². The van der Waals surface area contributed by atoms with E-state index in [1.165, 1.54) is 25.7 Å². The first kappa shape index (κ1) is 20.5. The molecule has 1 aromatic rings. The van der Waals surface area contributed by atoms with Crippen LogP contribution in [0.2, 0.25) is 0 Å². The summed E-state index contributed by atoms with van der Waals surface area (Å²) in [4.78, 5) is 15.8. The van der Waals surface area contributed by atoms with Gasteiger partial charge in [0, 0.05) is 0 Å². The lowest BCUT2D eigenvalue weighted by atomic mass is 9.95. The fourth-order valence-corrected chi connectivity index (χ4v) is 3.01. The van der Waals surface area contributed by atoms with Crippen molar-refractivity contribution in [3.05, 3.63) is 28.8 Å². The molecule has 0 atom stereocenters. The number of hydrogen-bond donors (Lipinski definition) is 2. The van der Waals surface area contributed by atoms with Crippen molar-refractivity contribution in [2.75, 3.05) is 0 Å². The van der Waals surface area contributed by atoms with Crippen LogP contribution in [0.4, 0.5) is 0 Å². The minimum atomic E-state index is -0.449. The van der Waals surface area contributed by atoms with Crippen molar-refractivity contribution >= 4 is 5.97 Å². The van der Waals surface area contributed by atoms with E-state index in [1.54, 1.807) is 0 Å². The van der Waals surface area contributed by atoms with Crippen LogP contribution in [0.3, 0.4) is 0 Å². The maximum absolute atomic E-state index is 11.5. The van der Waals surface area contributed by atoms with E-state index in [-0.39, 0.29) is 6.42 Å². The topological polar surface area (TPSA) is 72.5 Å². The third-order valence-corrected chi connectivity index (χ3v) is 4.41. The van der Waals surface area contributed by atoms with Crippen molar-refractivity contribution in [3.8, 4) is 5.75 Å². The molecule has 3 N–H and O–H groups in total. The van der Waals surface area contributed by atoms with Crippen LogP contribution in [0.5, 0.6) is 5.75 Å². The van der Waals surface area contributed by atoms with E-state index >= 15 is 0 Å². The summed E-state index contributed by atoms with van der Waals surface area (Å²) < 4.78 is 0. The number of rotatable bonds is 12. The molecule has 0 aromatic heterocycles. The van der Waals surface area contributed by atoms with Crippen LogP contribution in [0.25, 0.3) is 0 Å². The van der Waals surface area contributed by atoms with Crippen molar-refractivity contribution in [1.29, 1.82) is 0 Å². The van der Waals surface area contributed by atoms with Crippen LogP contribution in [0.1, 0.15) is 81.9 Å². The van der Waals surface area contributed by atoms with Crippen molar-refractivity contribution in [2.24, 2.45) is 5.90 Å². The third-order valence-electron chi connectivity index (χ3n) is 4.41. The summed E-state index contributed by atoms with van der Waals surface area (Å²) in [5, 5.41) is 10.6. The molecule has 0 amide bonds. The van der Waals surface area contributed by atoms with Gasteiger partial charge in [-0.2, -0.15) is 5.90 Å². The molecule has 0 fully saturated rings. The molecule has 1 aromatic carbocycles. The SMILES string of the molecule is CCCCCCc1cc(CC(=O)ON)cc(CCCCCC)c1O. The van der Waals surface area contributed by atoms with E-state index in [4.69, 9.17) is 5.90 Å². The number of carbonyl (C=O) groups excluding carboxylic acids is 1. The number of nitrogens with two attached hydrogens (primary N) is 1. The summed E-state index contributed by atoms with van der Waals surface area (Å²) >= 11 is 0. The van der Waals surface area contributed by atoms with E-state index in [9.17, 15) is 9.90 Å². The largest absolute Gasteiger partial charge is 0.507 e. The van der Waals surface area contributed by atoms with Crippen LogP contribution >= 0.6 is 0 Å². The maximum Gasteiger partial charge on any atom is 0.328 e. The summed E-state index contributed by atoms with van der Waals surface area (Å²) in [5.41, 5.74) is 2.76. The maximum atomic E-state index is 11.5. The molecular weight excluding hydrogens is 302 g/mol. The van der Waals surface area contributed by atoms with Gasteiger partial charge >= 0.3 is 5.97 Å². The van der Waals surface area contributed by atoms with Crippen LogP contribution in [0, 0.1) is 0 Å². The second-order valence-electron chi connectivity index (χ2n) is 6.55. The van der Waals surface area contributed by atoms with Crippen LogP contribution < -0.4 is 5.90 Å². The van der Waals surface area contributed by atoms with E-state index in [0.717, 1.165) is 55.2 Å². The van der Waals surface area contributed by atoms with Crippen LogP contribution in [-0.4, -0.2) is 11.1 Å². The summed E-state index contributed by atoms with van der Waals surface area (Å²) in [6.45, 7) is 4.37. The monoisotopic (exact) mass is 335 g/mol. The minimum Gasteiger partial charge on any atom is -0.507 e. The molecule has 0 bridgehead atoms. The third kappa shape index (κ3) is 7.35. The quantitative estimate of drug-likeness (QED) is 0.432. The van der Waals surface area contributed by atoms with E-state index < -0.39 is 5.97 Å². The second kappa shape index (κ2) is 11.9. The summed E-state index contributed by atoms with van der Waals surface area (Å²) in [7, 11) is 0. The van der Waals surface area contributed by atoms with Gasteiger partial charge in [0.05, 0.1) is 6.42 Å². The molecule has 0 unspecified atom stereocenters. The molecule has 0 aliphatic carbocycles. The zero-order chi connectivity index (χ0) is 17.8. The highest BCUT2D eigenvalue weighted by molar-refractivity contribution is 5.72. The Balaban J connectivity index is 2.84. The molecule has 24 heavy (non-hydrogen) atoms. The smallest absolute Gasteiger partial charge is 0.328 e. The fraction of sp³-hybridized carbons (Fsp3) is 0.650.